The minimum Gasteiger partial charge on any atom is -0.506 e. The van der Waals surface area contributed by atoms with Gasteiger partial charge in [0.05, 0.1) is 16.7 Å². The van der Waals surface area contributed by atoms with Gasteiger partial charge in [-0.15, -0.1) is 0 Å². The fourth-order valence-electron chi connectivity index (χ4n) is 5.57. The lowest BCUT2D eigenvalue weighted by Gasteiger charge is -2.42. The number of hydrogen-bond donors (Lipinski definition) is 2. The van der Waals surface area contributed by atoms with Crippen LogP contribution >= 0.6 is 15.6 Å². The molecular weight excluding hydrogens is 510 g/mol. The predicted octanol–water partition coefficient (Wildman–Crippen LogP) is 3.43. The number of carbonyl (C=O) groups is 1. The van der Waals surface area contributed by atoms with Crippen molar-refractivity contribution >= 4 is 21.6 Å². The number of carbonyl (C=O) groups excluding carboxylic acids is 1. The number of phosphoric acid groups is 2. The molecule has 0 aromatic heterocycles. The molecule has 35 heavy (non-hydrogen) atoms. The summed E-state index contributed by atoms with van der Waals surface area (Å²) in [4.78, 5) is 13.1. The van der Waals surface area contributed by atoms with Crippen LogP contribution in [-0.4, -0.2) is 28.4 Å². The maximum Gasteiger partial charge on any atom is 0.647 e. The van der Waals surface area contributed by atoms with Gasteiger partial charge < -0.3 is 37.8 Å². The van der Waals surface area contributed by atoms with E-state index < -0.39 is 50.9 Å². The van der Waals surface area contributed by atoms with Crippen LogP contribution in [0.2, 0.25) is 0 Å². The molecule has 9 rings (SSSR count). The number of hydrogen-bond acceptors (Lipinski definition) is 13. The maximum atomic E-state index is 13.1. The molecule has 6 aliphatic heterocycles. The Labute approximate surface area is 193 Å². The van der Waals surface area contributed by atoms with E-state index in [0.29, 0.717) is 5.56 Å². The van der Waals surface area contributed by atoms with Crippen LogP contribution in [-0.2, 0) is 33.0 Å². The van der Waals surface area contributed by atoms with Crippen LogP contribution in [0.15, 0.2) is 47.1 Å². The number of rotatable bonds is 0. The van der Waals surface area contributed by atoms with Crippen molar-refractivity contribution in [1.82, 2.24) is 0 Å². The van der Waals surface area contributed by atoms with Crippen molar-refractivity contribution in [3.8, 4) is 28.7 Å². The highest BCUT2D eigenvalue weighted by atomic mass is 31.2. The number of benzene rings is 2. The molecule has 2 aromatic carbocycles. The molecule has 6 heterocycles. The van der Waals surface area contributed by atoms with Gasteiger partial charge in [-0.25, -0.2) is 9.36 Å². The number of fused-ring (bicyclic) bond motifs is 12. The molecule has 1 aliphatic carbocycles. The van der Waals surface area contributed by atoms with Gasteiger partial charge in [0, 0.05) is 5.56 Å². The van der Waals surface area contributed by atoms with Crippen molar-refractivity contribution in [2.45, 2.75) is 17.8 Å². The molecule has 2 N–H and O–H groups in total. The Morgan fingerprint density at radius 1 is 0.829 bits per heavy atom. The smallest absolute Gasteiger partial charge is 0.506 e. The molecule has 0 amide bonds. The van der Waals surface area contributed by atoms with Gasteiger partial charge in [0.25, 0.3) is 0 Å². The van der Waals surface area contributed by atoms with E-state index in [1.165, 1.54) is 0 Å². The highest BCUT2D eigenvalue weighted by molar-refractivity contribution is 7.50. The van der Waals surface area contributed by atoms with E-state index >= 15 is 0 Å². The number of aliphatic hydroxyl groups is 1. The Morgan fingerprint density at radius 3 is 2.37 bits per heavy atom. The zero-order chi connectivity index (χ0) is 23.6. The third-order valence-corrected chi connectivity index (χ3v) is 9.41. The molecule has 7 aliphatic rings. The molecular formula is C20H8O13P2. The first-order valence-corrected chi connectivity index (χ1v) is 13.1. The molecule has 0 radical (unpaired) electrons. The van der Waals surface area contributed by atoms with E-state index in [0.717, 1.165) is 0 Å². The molecule has 5 unspecified atom stereocenters. The largest absolute Gasteiger partial charge is 0.647 e. The zero-order valence-electron chi connectivity index (χ0n) is 16.7. The van der Waals surface area contributed by atoms with Gasteiger partial charge in [-0.3, -0.25) is 9.05 Å². The second kappa shape index (κ2) is 5.14. The summed E-state index contributed by atoms with van der Waals surface area (Å²) >= 11 is 0. The Kier molecular flexibility index (Phi) is 2.74. The number of ether oxygens (including phenoxy) is 2. The van der Waals surface area contributed by atoms with E-state index in [1.807, 2.05) is 0 Å². The average molecular weight is 518 g/mol. The summed E-state index contributed by atoms with van der Waals surface area (Å²) in [6, 6.07) is 6.47. The Balaban J connectivity index is 1.47. The SMILES string of the molecule is O=C1OC2(C3=C(Oc4c5c(O)c6c(c42)OP(=O)(O5)O6)C2=C(O)C4OP(=O)(O2)OC34)c2ccccc21. The molecule has 2 aromatic rings. The van der Waals surface area contributed by atoms with Gasteiger partial charge in [-0.05, 0) is 6.07 Å². The van der Waals surface area contributed by atoms with Crippen molar-refractivity contribution in [2.75, 3.05) is 0 Å². The first-order valence-electron chi connectivity index (χ1n) is 10.2. The average Bonchev–Trinajstić information content (AvgIpc) is 3.33. The topological polar surface area (TPSA) is 166 Å². The number of aromatic hydroxyl groups is 1. The van der Waals surface area contributed by atoms with Crippen molar-refractivity contribution in [3.05, 3.63) is 63.8 Å². The van der Waals surface area contributed by atoms with Crippen molar-refractivity contribution in [2.24, 2.45) is 0 Å². The lowest BCUT2D eigenvalue weighted by Crippen LogP contribution is -2.46. The number of aliphatic hydroxyl groups excluding tert-OH is 1. The Morgan fingerprint density at radius 2 is 1.54 bits per heavy atom. The lowest BCUT2D eigenvalue weighted by atomic mass is 9.72. The van der Waals surface area contributed by atoms with Crippen LogP contribution in [0.3, 0.4) is 0 Å². The molecule has 6 bridgehead atoms. The summed E-state index contributed by atoms with van der Waals surface area (Å²) < 4.78 is 70.5. The Hall–Kier alpha value is -3.63. The van der Waals surface area contributed by atoms with Gasteiger partial charge in [-0.1, -0.05) is 18.2 Å². The van der Waals surface area contributed by atoms with Crippen molar-refractivity contribution in [1.29, 1.82) is 0 Å². The molecule has 1 spiro atoms. The van der Waals surface area contributed by atoms with Crippen LogP contribution in [0.4, 0.5) is 0 Å². The van der Waals surface area contributed by atoms with Crippen LogP contribution in [0, 0.1) is 0 Å². The fourth-order valence-corrected chi connectivity index (χ4v) is 8.38. The molecule has 15 heteroatoms. The summed E-state index contributed by atoms with van der Waals surface area (Å²) in [6.07, 6.45) is -2.50. The zero-order valence-corrected chi connectivity index (χ0v) is 18.5. The van der Waals surface area contributed by atoms with Crippen LogP contribution < -0.4 is 18.3 Å². The maximum absolute atomic E-state index is 13.1. The van der Waals surface area contributed by atoms with E-state index in [4.69, 9.17) is 36.6 Å². The fraction of sp³-hybridized carbons (Fsp3) is 0.150. The van der Waals surface area contributed by atoms with Crippen LogP contribution in [0.1, 0.15) is 21.5 Å². The first-order chi connectivity index (χ1) is 16.7. The van der Waals surface area contributed by atoms with Crippen molar-refractivity contribution < 1.29 is 60.8 Å². The van der Waals surface area contributed by atoms with E-state index in [9.17, 15) is 24.1 Å². The van der Waals surface area contributed by atoms with Gasteiger partial charge >= 0.3 is 21.6 Å². The van der Waals surface area contributed by atoms with Crippen molar-refractivity contribution in [3.63, 3.8) is 0 Å². The minimum atomic E-state index is -4.19. The van der Waals surface area contributed by atoms with Gasteiger partial charge in [0.15, 0.2) is 34.7 Å². The van der Waals surface area contributed by atoms with E-state index in [1.54, 1.807) is 24.3 Å². The third-order valence-electron chi connectivity index (χ3n) is 6.81. The highest BCUT2D eigenvalue weighted by Crippen LogP contribution is 2.78. The lowest BCUT2D eigenvalue weighted by molar-refractivity contribution is 0.00696. The normalized spacial score (nSPS) is 37.2. The molecule has 0 saturated carbocycles. The quantitative estimate of drug-likeness (QED) is 0.385. The third kappa shape index (κ3) is 1.81. The molecule has 1 fully saturated rings. The van der Waals surface area contributed by atoms with Crippen LogP contribution in [0.5, 0.6) is 28.7 Å². The number of phenols is 1. The van der Waals surface area contributed by atoms with Gasteiger partial charge in [0.1, 0.15) is 6.10 Å². The summed E-state index contributed by atoms with van der Waals surface area (Å²) in [7, 11) is -8.33. The van der Waals surface area contributed by atoms with E-state index in [-0.39, 0.29) is 51.2 Å². The van der Waals surface area contributed by atoms with Gasteiger partial charge in [-0.2, -0.15) is 4.57 Å². The molecule has 176 valence electrons. The number of phenolic OH excluding ortho intramolecular Hbond substituents is 1. The summed E-state index contributed by atoms with van der Waals surface area (Å²) in [5.74, 6) is -3.32. The minimum absolute atomic E-state index is 0.0132. The molecule has 13 nitrogen and oxygen atoms in total. The second-order valence-corrected chi connectivity index (χ2v) is 11.5. The first kappa shape index (κ1) is 18.7. The Bertz CT molecular complexity index is 1690. The summed E-state index contributed by atoms with van der Waals surface area (Å²) in [5, 5.41) is 21.4. The summed E-state index contributed by atoms with van der Waals surface area (Å²) in [5.41, 5.74) is -1.25. The predicted molar refractivity (Wildman–Crippen MR) is 106 cm³/mol. The van der Waals surface area contributed by atoms with Gasteiger partial charge in [0.2, 0.25) is 23.0 Å². The monoisotopic (exact) mass is 518 g/mol. The second-order valence-electron chi connectivity index (χ2n) is 8.53. The molecule has 1 saturated heterocycles. The number of esters is 1. The van der Waals surface area contributed by atoms with E-state index in [2.05, 4.69) is 0 Å². The van der Waals surface area contributed by atoms with Crippen LogP contribution in [0.25, 0.3) is 0 Å². The molecule has 5 atom stereocenters. The number of phosphoric ester groups is 2. The standard InChI is InChI=1S/C20H8O13P2/c21-9-15-11-7(13-17(9)32-34(24,28-13)30-15)20(6-4-2-1-3-5(6)19(23)27-20)8-12(26-11)16-10(22)18-14(8)29-35(25,31-16)33-18/h1-4,13,17,21-22H. The summed E-state index contributed by atoms with van der Waals surface area (Å²) in [6.45, 7) is 0. The highest BCUT2D eigenvalue weighted by Gasteiger charge is 2.71.